The molecule has 0 saturated heterocycles. The normalized spacial score (nSPS) is 43.6. The lowest BCUT2D eigenvalue weighted by Gasteiger charge is -2.54. The second-order valence-corrected chi connectivity index (χ2v) is 6.27. The number of rotatable bonds is 5. The summed E-state index contributed by atoms with van der Waals surface area (Å²) in [5.41, 5.74) is 0. The Morgan fingerprint density at radius 3 is 1.94 bits per heavy atom. The van der Waals surface area contributed by atoms with Crippen molar-refractivity contribution in [1.29, 1.82) is 0 Å². The van der Waals surface area contributed by atoms with Crippen LogP contribution in [-0.4, -0.2) is 33.1 Å². The Bertz CT molecular complexity index is 237. The number of ether oxygens (including phenoxy) is 2. The van der Waals surface area contributed by atoms with Crippen LogP contribution in [0.1, 0.15) is 32.1 Å². The Morgan fingerprint density at radius 2 is 1.47 bits per heavy atom. The minimum absolute atomic E-state index is 0.0906. The molecule has 0 spiro atoms. The highest BCUT2D eigenvalue weighted by molar-refractivity contribution is 5.01. The first kappa shape index (κ1) is 11.9. The minimum atomic E-state index is -0.0906. The molecule has 0 radical (unpaired) electrons. The van der Waals surface area contributed by atoms with Gasteiger partial charge in [-0.2, -0.15) is 0 Å². The third-order valence-corrected chi connectivity index (χ3v) is 5.27. The Labute approximate surface area is 104 Å². The number of nitrogens with one attached hydrogen (secondary N) is 1. The van der Waals surface area contributed by atoms with Crippen LogP contribution in [0.2, 0.25) is 0 Å². The summed E-state index contributed by atoms with van der Waals surface area (Å²) < 4.78 is 10.5. The summed E-state index contributed by atoms with van der Waals surface area (Å²) in [6.07, 6.45) is 7.31. The van der Waals surface area contributed by atoms with Gasteiger partial charge in [-0.1, -0.05) is 0 Å². The van der Waals surface area contributed by atoms with Crippen molar-refractivity contribution in [1.82, 2.24) is 5.32 Å². The van der Waals surface area contributed by atoms with Gasteiger partial charge in [-0.25, -0.2) is 0 Å². The van der Waals surface area contributed by atoms with Crippen molar-refractivity contribution in [2.24, 2.45) is 23.7 Å². The molecular weight excluding hydrogens is 214 g/mol. The Kier molecular flexibility index (Phi) is 3.42. The molecule has 0 unspecified atom stereocenters. The second kappa shape index (κ2) is 4.87. The van der Waals surface area contributed by atoms with Gasteiger partial charge < -0.3 is 14.8 Å². The molecule has 4 bridgehead atoms. The molecule has 4 aliphatic carbocycles. The standard InChI is InChI=1S/C14H25NO2/c1-16-13(17-2)8-15-14-11-4-9-3-10(6-11)7-12(14)5-9/h9-15H,3-8H2,1-2H3. The van der Waals surface area contributed by atoms with Crippen LogP contribution in [0.3, 0.4) is 0 Å². The van der Waals surface area contributed by atoms with E-state index in [9.17, 15) is 0 Å². The Balaban J connectivity index is 1.57. The molecule has 3 nitrogen and oxygen atoms in total. The Hall–Kier alpha value is -0.120. The molecule has 0 atom stereocenters. The quantitative estimate of drug-likeness (QED) is 0.745. The molecule has 0 aromatic rings. The van der Waals surface area contributed by atoms with E-state index < -0.39 is 0 Å². The molecule has 98 valence electrons. The topological polar surface area (TPSA) is 30.5 Å². The maximum atomic E-state index is 5.26. The lowest BCUT2D eigenvalue weighted by atomic mass is 9.54. The molecule has 3 heteroatoms. The van der Waals surface area contributed by atoms with E-state index >= 15 is 0 Å². The van der Waals surface area contributed by atoms with E-state index in [4.69, 9.17) is 9.47 Å². The molecule has 4 saturated carbocycles. The summed E-state index contributed by atoms with van der Waals surface area (Å²) in [5.74, 6) is 3.97. The van der Waals surface area contributed by atoms with Gasteiger partial charge in [0.25, 0.3) is 0 Å². The van der Waals surface area contributed by atoms with E-state index in [1.165, 1.54) is 32.1 Å². The molecule has 4 fully saturated rings. The predicted octanol–water partition coefficient (Wildman–Crippen LogP) is 2.02. The van der Waals surface area contributed by atoms with Crippen LogP contribution < -0.4 is 5.32 Å². The maximum absolute atomic E-state index is 5.26. The van der Waals surface area contributed by atoms with Gasteiger partial charge in [-0.05, 0) is 55.8 Å². The van der Waals surface area contributed by atoms with E-state index in [0.717, 1.165) is 36.3 Å². The smallest absolute Gasteiger partial charge is 0.169 e. The fourth-order valence-corrected chi connectivity index (χ4v) is 4.75. The molecule has 0 amide bonds. The summed E-state index contributed by atoms with van der Waals surface area (Å²) in [4.78, 5) is 0. The van der Waals surface area contributed by atoms with E-state index in [-0.39, 0.29) is 6.29 Å². The monoisotopic (exact) mass is 239 g/mol. The van der Waals surface area contributed by atoms with Crippen molar-refractivity contribution in [3.8, 4) is 0 Å². The summed E-state index contributed by atoms with van der Waals surface area (Å²) >= 11 is 0. The minimum Gasteiger partial charge on any atom is -0.355 e. The van der Waals surface area contributed by atoms with Gasteiger partial charge in [-0.3, -0.25) is 0 Å². The van der Waals surface area contributed by atoms with Crippen LogP contribution in [0, 0.1) is 23.7 Å². The van der Waals surface area contributed by atoms with Crippen LogP contribution in [0.4, 0.5) is 0 Å². The molecule has 1 N–H and O–H groups in total. The molecule has 4 aliphatic rings. The van der Waals surface area contributed by atoms with Crippen molar-refractivity contribution in [3.05, 3.63) is 0 Å². The highest BCUT2D eigenvalue weighted by atomic mass is 16.7. The molecular formula is C14H25NO2. The van der Waals surface area contributed by atoms with Gasteiger partial charge in [0.15, 0.2) is 6.29 Å². The SMILES string of the molecule is COC(CNC1C2CC3CC(C2)CC1C3)OC. The lowest BCUT2D eigenvalue weighted by Crippen LogP contribution is -2.55. The average molecular weight is 239 g/mol. The van der Waals surface area contributed by atoms with Crippen LogP contribution in [0.5, 0.6) is 0 Å². The molecule has 4 rings (SSSR count). The van der Waals surface area contributed by atoms with Gasteiger partial charge in [0.1, 0.15) is 0 Å². The molecule has 0 heterocycles. The maximum Gasteiger partial charge on any atom is 0.169 e. The molecule has 17 heavy (non-hydrogen) atoms. The van der Waals surface area contributed by atoms with Crippen LogP contribution in [0.15, 0.2) is 0 Å². The zero-order valence-corrected chi connectivity index (χ0v) is 11.0. The predicted molar refractivity (Wildman–Crippen MR) is 66.6 cm³/mol. The molecule has 0 aliphatic heterocycles. The van der Waals surface area contributed by atoms with Crippen molar-refractivity contribution < 1.29 is 9.47 Å². The van der Waals surface area contributed by atoms with E-state index in [1.807, 2.05) is 0 Å². The van der Waals surface area contributed by atoms with Gasteiger partial charge >= 0.3 is 0 Å². The van der Waals surface area contributed by atoms with E-state index in [0.29, 0.717) is 0 Å². The van der Waals surface area contributed by atoms with Crippen LogP contribution >= 0.6 is 0 Å². The Morgan fingerprint density at radius 1 is 0.941 bits per heavy atom. The number of hydrogen-bond donors (Lipinski definition) is 1. The first-order valence-corrected chi connectivity index (χ1v) is 7.09. The van der Waals surface area contributed by atoms with Crippen molar-refractivity contribution in [2.45, 2.75) is 44.4 Å². The summed E-state index contributed by atoms with van der Waals surface area (Å²) in [7, 11) is 3.43. The average Bonchev–Trinajstić information content (AvgIpc) is 2.32. The van der Waals surface area contributed by atoms with Gasteiger partial charge in [0.2, 0.25) is 0 Å². The highest BCUT2D eigenvalue weighted by Crippen LogP contribution is 2.53. The van der Waals surface area contributed by atoms with Gasteiger partial charge in [-0.15, -0.1) is 0 Å². The fourth-order valence-electron chi connectivity index (χ4n) is 4.75. The van der Waals surface area contributed by atoms with Gasteiger partial charge in [0, 0.05) is 26.8 Å². The summed E-state index contributed by atoms with van der Waals surface area (Å²) in [5, 5.41) is 3.72. The van der Waals surface area contributed by atoms with Crippen LogP contribution in [0.25, 0.3) is 0 Å². The van der Waals surface area contributed by atoms with E-state index in [1.54, 1.807) is 14.2 Å². The van der Waals surface area contributed by atoms with Crippen LogP contribution in [-0.2, 0) is 9.47 Å². The summed E-state index contributed by atoms with van der Waals surface area (Å²) in [6.45, 7) is 0.833. The fraction of sp³-hybridized carbons (Fsp3) is 1.00. The zero-order chi connectivity index (χ0) is 11.8. The van der Waals surface area contributed by atoms with Crippen molar-refractivity contribution in [3.63, 3.8) is 0 Å². The second-order valence-electron chi connectivity index (χ2n) is 6.27. The first-order valence-electron chi connectivity index (χ1n) is 7.09. The summed E-state index contributed by atoms with van der Waals surface area (Å²) in [6, 6.07) is 0.732. The third-order valence-electron chi connectivity index (χ3n) is 5.27. The molecule has 0 aromatic heterocycles. The van der Waals surface area contributed by atoms with Crippen molar-refractivity contribution in [2.75, 3.05) is 20.8 Å². The largest absolute Gasteiger partial charge is 0.355 e. The number of hydrogen-bond acceptors (Lipinski definition) is 3. The first-order chi connectivity index (χ1) is 8.30. The molecule has 0 aromatic carbocycles. The van der Waals surface area contributed by atoms with Crippen molar-refractivity contribution >= 4 is 0 Å². The zero-order valence-electron chi connectivity index (χ0n) is 11.0. The highest BCUT2D eigenvalue weighted by Gasteiger charge is 2.47. The van der Waals surface area contributed by atoms with Gasteiger partial charge in [0.05, 0.1) is 0 Å². The van der Waals surface area contributed by atoms with E-state index in [2.05, 4.69) is 5.32 Å². The number of methoxy groups -OCH3 is 2. The lowest BCUT2D eigenvalue weighted by molar-refractivity contribution is -0.106. The third kappa shape index (κ3) is 2.25.